The third-order valence-corrected chi connectivity index (χ3v) is 5.93. The quantitative estimate of drug-likeness (QED) is 0.191. The highest BCUT2D eigenvalue weighted by atomic mass is 32.1. The Morgan fingerprint density at radius 3 is 2.44 bits per heavy atom. The van der Waals surface area contributed by atoms with E-state index in [1.807, 2.05) is 18.2 Å². The number of rotatable bonds is 8. The van der Waals surface area contributed by atoms with E-state index in [0.717, 1.165) is 16.7 Å². The molecule has 0 bridgehead atoms. The van der Waals surface area contributed by atoms with Crippen molar-refractivity contribution in [3.8, 4) is 23.0 Å². The lowest BCUT2D eigenvalue weighted by Gasteiger charge is -2.13. The van der Waals surface area contributed by atoms with Crippen molar-refractivity contribution in [2.24, 2.45) is 11.3 Å². The van der Waals surface area contributed by atoms with Crippen LogP contribution in [-0.2, 0) is 16.0 Å². The van der Waals surface area contributed by atoms with E-state index in [4.69, 9.17) is 4.74 Å². The van der Waals surface area contributed by atoms with Crippen LogP contribution in [0.1, 0.15) is 43.9 Å². The molecule has 0 aliphatic rings. The van der Waals surface area contributed by atoms with Gasteiger partial charge in [0, 0.05) is 5.41 Å². The Hall–Kier alpha value is -3.35. The van der Waals surface area contributed by atoms with E-state index in [2.05, 4.69) is 104 Å². The fourth-order valence-corrected chi connectivity index (χ4v) is 4.20. The van der Waals surface area contributed by atoms with Gasteiger partial charge < -0.3 is 4.74 Å². The average molecular weight is 469 g/mol. The Morgan fingerprint density at radius 1 is 1.03 bits per heavy atom. The molecule has 1 aromatic heterocycles. The number of ether oxygens (including phenoxy) is 1. The third-order valence-electron chi connectivity index (χ3n) is 5.25. The van der Waals surface area contributed by atoms with Crippen molar-refractivity contribution >= 4 is 29.5 Å². The van der Waals surface area contributed by atoms with Crippen LogP contribution in [0.2, 0.25) is 0 Å². The molecule has 2 nitrogen and oxygen atoms in total. The molecule has 2 aromatic carbocycles. The third kappa shape index (κ3) is 8.21. The van der Waals surface area contributed by atoms with Crippen LogP contribution in [0.25, 0.3) is 23.3 Å². The minimum absolute atomic E-state index is 0.0364. The van der Waals surface area contributed by atoms with Crippen molar-refractivity contribution in [3.05, 3.63) is 94.2 Å². The minimum Gasteiger partial charge on any atom is -0.469 e. The molecule has 0 saturated heterocycles. The molecule has 0 spiro atoms. The second kappa shape index (κ2) is 12.2. The van der Waals surface area contributed by atoms with Gasteiger partial charge in [0.15, 0.2) is 0 Å². The molecule has 1 atom stereocenters. The van der Waals surface area contributed by atoms with Crippen LogP contribution in [0.4, 0.5) is 0 Å². The van der Waals surface area contributed by atoms with Crippen LogP contribution in [0, 0.1) is 23.2 Å². The van der Waals surface area contributed by atoms with Crippen LogP contribution in [0.5, 0.6) is 0 Å². The lowest BCUT2D eigenvalue weighted by atomic mass is 9.94. The number of benzene rings is 2. The predicted molar refractivity (Wildman–Crippen MR) is 145 cm³/mol. The van der Waals surface area contributed by atoms with E-state index in [-0.39, 0.29) is 17.3 Å². The molecule has 0 aliphatic carbocycles. The van der Waals surface area contributed by atoms with Gasteiger partial charge in [-0.05, 0) is 90.4 Å². The molecule has 1 heterocycles. The molecule has 1 unspecified atom stereocenters. The van der Waals surface area contributed by atoms with Gasteiger partial charge in [-0.1, -0.05) is 72.5 Å². The van der Waals surface area contributed by atoms with Gasteiger partial charge in [0.05, 0.1) is 13.0 Å². The molecule has 0 aliphatic heterocycles. The van der Waals surface area contributed by atoms with Crippen LogP contribution in [0.3, 0.4) is 0 Å². The number of thiophene rings is 1. The normalized spacial score (nSPS) is 12.5. The maximum absolute atomic E-state index is 12.4. The molecule has 3 aromatic rings. The van der Waals surface area contributed by atoms with Gasteiger partial charge in [0.1, 0.15) is 0 Å². The summed E-state index contributed by atoms with van der Waals surface area (Å²) in [6, 6.07) is 19.0. The maximum atomic E-state index is 12.4. The Morgan fingerprint density at radius 2 is 1.76 bits per heavy atom. The van der Waals surface area contributed by atoms with E-state index in [1.54, 1.807) is 11.3 Å². The van der Waals surface area contributed by atoms with Crippen molar-refractivity contribution in [2.75, 3.05) is 7.11 Å². The van der Waals surface area contributed by atoms with E-state index < -0.39 is 0 Å². The smallest absolute Gasteiger partial charge is 0.309 e. The SMILES string of the molecule is COC(=O)C(C/C=C/C#CC(C)(C)C)Cc1cccc(/C=C/c2cccc(-c3ccsc3)c2)c1. The number of esters is 1. The summed E-state index contributed by atoms with van der Waals surface area (Å²) in [6.45, 7) is 6.23. The zero-order valence-corrected chi connectivity index (χ0v) is 21.2. The molecular formula is C31H32O2S. The summed E-state index contributed by atoms with van der Waals surface area (Å²) in [5.74, 6) is 5.81. The van der Waals surface area contributed by atoms with Crippen molar-refractivity contribution in [1.82, 2.24) is 0 Å². The molecule has 3 rings (SSSR count). The van der Waals surface area contributed by atoms with E-state index in [0.29, 0.717) is 12.8 Å². The summed E-state index contributed by atoms with van der Waals surface area (Å²) in [6.07, 6.45) is 9.27. The number of hydrogen-bond donors (Lipinski definition) is 0. The van der Waals surface area contributed by atoms with Gasteiger partial charge in [0.25, 0.3) is 0 Å². The van der Waals surface area contributed by atoms with Crippen molar-refractivity contribution in [2.45, 2.75) is 33.6 Å². The lowest BCUT2D eigenvalue weighted by molar-refractivity contribution is -0.145. The highest BCUT2D eigenvalue weighted by Crippen LogP contribution is 2.24. The van der Waals surface area contributed by atoms with Gasteiger partial charge in [-0.3, -0.25) is 4.79 Å². The van der Waals surface area contributed by atoms with Gasteiger partial charge in [-0.25, -0.2) is 0 Å². The summed E-state index contributed by atoms with van der Waals surface area (Å²) in [7, 11) is 1.45. The van der Waals surface area contributed by atoms with Crippen molar-refractivity contribution < 1.29 is 9.53 Å². The highest BCUT2D eigenvalue weighted by molar-refractivity contribution is 7.08. The molecule has 0 saturated carbocycles. The van der Waals surface area contributed by atoms with E-state index >= 15 is 0 Å². The fraction of sp³-hybridized carbons (Fsp3) is 0.258. The Kier molecular flexibility index (Phi) is 9.08. The van der Waals surface area contributed by atoms with Crippen molar-refractivity contribution in [3.63, 3.8) is 0 Å². The summed E-state index contributed by atoms with van der Waals surface area (Å²) >= 11 is 1.71. The topological polar surface area (TPSA) is 26.3 Å². The summed E-state index contributed by atoms with van der Waals surface area (Å²) in [5.41, 5.74) is 5.80. The molecule has 0 N–H and O–H groups in total. The van der Waals surface area contributed by atoms with Crippen LogP contribution >= 0.6 is 11.3 Å². The first-order chi connectivity index (χ1) is 16.3. The maximum Gasteiger partial charge on any atom is 0.309 e. The second-order valence-electron chi connectivity index (χ2n) is 9.30. The van der Waals surface area contributed by atoms with E-state index in [1.165, 1.54) is 18.2 Å². The Balaban J connectivity index is 1.69. The van der Waals surface area contributed by atoms with Gasteiger partial charge in [-0.2, -0.15) is 11.3 Å². The number of carbonyl (C=O) groups excluding carboxylic acids is 1. The second-order valence-corrected chi connectivity index (χ2v) is 10.1. The largest absolute Gasteiger partial charge is 0.469 e. The van der Waals surface area contributed by atoms with Gasteiger partial charge in [-0.15, -0.1) is 0 Å². The zero-order chi connectivity index (χ0) is 24.4. The molecule has 0 amide bonds. The predicted octanol–water partition coefficient (Wildman–Crippen LogP) is 7.91. The molecule has 3 heteroatoms. The standard InChI is InChI=1S/C31H32O2S/c1-31(2,3)18-7-5-6-13-28(30(32)33-4)22-26-12-8-10-24(20-26)15-16-25-11-9-14-27(21-25)29-17-19-34-23-29/h5-6,8-12,14-17,19-21,23,28H,13,22H2,1-4H3/b6-5+,16-15+. The zero-order valence-electron chi connectivity index (χ0n) is 20.4. The lowest BCUT2D eigenvalue weighted by Crippen LogP contribution is -2.18. The summed E-state index contributed by atoms with van der Waals surface area (Å²) in [4.78, 5) is 12.4. The first-order valence-electron chi connectivity index (χ1n) is 11.5. The molecule has 0 fully saturated rings. The molecule has 174 valence electrons. The number of methoxy groups -OCH3 is 1. The monoisotopic (exact) mass is 468 g/mol. The minimum atomic E-state index is -0.237. The summed E-state index contributed by atoms with van der Waals surface area (Å²) in [5, 5.41) is 4.26. The first-order valence-corrected chi connectivity index (χ1v) is 12.4. The van der Waals surface area contributed by atoms with Crippen molar-refractivity contribution in [1.29, 1.82) is 0 Å². The molecule has 34 heavy (non-hydrogen) atoms. The highest BCUT2D eigenvalue weighted by Gasteiger charge is 2.18. The summed E-state index contributed by atoms with van der Waals surface area (Å²) < 4.78 is 5.05. The molecular weight excluding hydrogens is 436 g/mol. The van der Waals surface area contributed by atoms with Crippen LogP contribution in [0.15, 0.2) is 77.5 Å². The van der Waals surface area contributed by atoms with Crippen LogP contribution < -0.4 is 0 Å². The number of hydrogen-bond acceptors (Lipinski definition) is 3. The Bertz CT molecular complexity index is 1200. The van der Waals surface area contributed by atoms with Gasteiger partial charge in [0.2, 0.25) is 0 Å². The number of allylic oxidation sites excluding steroid dienone is 2. The number of carbonyl (C=O) groups is 1. The van der Waals surface area contributed by atoms with Crippen LogP contribution in [-0.4, -0.2) is 13.1 Å². The fourth-order valence-electron chi connectivity index (χ4n) is 3.53. The van der Waals surface area contributed by atoms with Gasteiger partial charge >= 0.3 is 5.97 Å². The first kappa shape index (κ1) is 25.3. The Labute approximate surface area is 208 Å². The molecule has 0 radical (unpaired) electrons. The van der Waals surface area contributed by atoms with E-state index in [9.17, 15) is 4.79 Å². The average Bonchev–Trinajstić information content (AvgIpc) is 3.36.